The number of nitrogens with two attached hydrogens (primary N) is 1. The lowest BCUT2D eigenvalue weighted by Gasteiger charge is -2.05. The summed E-state index contributed by atoms with van der Waals surface area (Å²) in [6.45, 7) is 5.22. The summed E-state index contributed by atoms with van der Waals surface area (Å²) in [7, 11) is 0. The van der Waals surface area contributed by atoms with Crippen LogP contribution in [0.3, 0.4) is 0 Å². The molecule has 84 valence electrons. The molecule has 0 radical (unpaired) electrons. The third kappa shape index (κ3) is 4.25. The minimum atomic E-state index is 0.445. The van der Waals surface area contributed by atoms with Crippen LogP contribution in [0.1, 0.15) is 38.2 Å². The summed E-state index contributed by atoms with van der Waals surface area (Å²) < 4.78 is 5.25. The second-order valence-electron chi connectivity index (χ2n) is 3.44. The van der Waals surface area contributed by atoms with Crippen molar-refractivity contribution in [2.45, 2.75) is 39.7 Å². The summed E-state index contributed by atoms with van der Waals surface area (Å²) in [5, 5.41) is 0. The number of hydrogen-bond donors (Lipinski definition) is 1. The summed E-state index contributed by atoms with van der Waals surface area (Å²) in [6, 6.07) is 1.84. The van der Waals surface area contributed by atoms with Crippen molar-refractivity contribution in [2.24, 2.45) is 0 Å². The first kappa shape index (κ1) is 11.9. The maximum atomic E-state index is 5.70. The van der Waals surface area contributed by atoms with Crippen molar-refractivity contribution >= 4 is 5.82 Å². The van der Waals surface area contributed by atoms with E-state index in [0.717, 1.165) is 25.0 Å². The predicted molar refractivity (Wildman–Crippen MR) is 60.4 cm³/mol. The van der Waals surface area contributed by atoms with Crippen LogP contribution < -0.4 is 5.73 Å². The van der Waals surface area contributed by atoms with Crippen molar-refractivity contribution in [1.29, 1.82) is 0 Å². The van der Waals surface area contributed by atoms with Crippen LogP contribution in [0.25, 0.3) is 0 Å². The van der Waals surface area contributed by atoms with Crippen molar-refractivity contribution in [1.82, 2.24) is 9.97 Å². The number of nitrogens with zero attached hydrogens (tertiary/aromatic N) is 2. The highest BCUT2D eigenvalue weighted by molar-refractivity contribution is 5.29. The monoisotopic (exact) mass is 209 g/mol. The molecule has 1 rings (SSSR count). The number of ether oxygens (including phenoxy) is 1. The molecule has 0 amide bonds. The number of hydrogen-bond acceptors (Lipinski definition) is 4. The van der Waals surface area contributed by atoms with E-state index >= 15 is 0 Å². The van der Waals surface area contributed by atoms with E-state index in [0.29, 0.717) is 24.9 Å². The Balaban J connectivity index is 2.66. The van der Waals surface area contributed by atoms with Gasteiger partial charge in [0.25, 0.3) is 0 Å². The van der Waals surface area contributed by atoms with E-state index in [1.165, 1.54) is 0 Å². The molecule has 1 aromatic rings. The minimum absolute atomic E-state index is 0.445. The van der Waals surface area contributed by atoms with Crippen molar-refractivity contribution in [3.63, 3.8) is 0 Å². The highest BCUT2D eigenvalue weighted by Crippen LogP contribution is 2.07. The van der Waals surface area contributed by atoms with Gasteiger partial charge >= 0.3 is 0 Å². The molecule has 1 aromatic heterocycles. The molecule has 0 aliphatic carbocycles. The number of rotatable bonds is 6. The van der Waals surface area contributed by atoms with Crippen LogP contribution in [0.2, 0.25) is 0 Å². The fraction of sp³-hybridized carbons (Fsp3) is 0.636. The minimum Gasteiger partial charge on any atom is -0.384 e. The average molecular weight is 209 g/mol. The lowest BCUT2D eigenvalue weighted by Crippen LogP contribution is -2.05. The Hall–Kier alpha value is -1.16. The maximum Gasteiger partial charge on any atom is 0.156 e. The van der Waals surface area contributed by atoms with Crippen LogP contribution >= 0.6 is 0 Å². The Bertz CT molecular complexity index is 276. The van der Waals surface area contributed by atoms with Crippen molar-refractivity contribution in [3.8, 4) is 0 Å². The number of anilines is 1. The molecule has 0 saturated carbocycles. The van der Waals surface area contributed by atoms with Gasteiger partial charge in [-0.25, -0.2) is 9.97 Å². The lowest BCUT2D eigenvalue weighted by atomic mass is 10.2. The number of nitrogen functional groups attached to an aromatic ring is 1. The Kier molecular flexibility index (Phi) is 5.04. The van der Waals surface area contributed by atoms with E-state index in [1.54, 1.807) is 0 Å². The van der Waals surface area contributed by atoms with Gasteiger partial charge in [-0.05, 0) is 19.8 Å². The lowest BCUT2D eigenvalue weighted by molar-refractivity contribution is 0.128. The fourth-order valence-corrected chi connectivity index (χ4v) is 1.32. The largest absolute Gasteiger partial charge is 0.384 e. The van der Waals surface area contributed by atoms with Gasteiger partial charge in [-0.2, -0.15) is 0 Å². The molecule has 0 aromatic carbocycles. The first-order chi connectivity index (χ1) is 7.26. The summed E-state index contributed by atoms with van der Waals surface area (Å²) in [5.41, 5.74) is 6.71. The SMILES string of the molecule is CCCCc1cc(N)nc(COCC)n1. The molecule has 0 spiro atoms. The second kappa shape index (κ2) is 6.35. The van der Waals surface area contributed by atoms with Crippen molar-refractivity contribution < 1.29 is 4.74 Å². The van der Waals surface area contributed by atoms with Crippen LogP contribution in [0.15, 0.2) is 6.07 Å². The third-order valence-corrected chi connectivity index (χ3v) is 2.07. The highest BCUT2D eigenvalue weighted by Gasteiger charge is 2.02. The molecule has 4 heteroatoms. The molecule has 0 unspecified atom stereocenters. The van der Waals surface area contributed by atoms with Crippen molar-refractivity contribution in [3.05, 3.63) is 17.6 Å². The molecule has 0 fully saturated rings. The van der Waals surface area contributed by atoms with Crippen LogP contribution in [0, 0.1) is 0 Å². The zero-order valence-corrected chi connectivity index (χ0v) is 9.49. The van der Waals surface area contributed by atoms with Gasteiger partial charge in [-0.1, -0.05) is 13.3 Å². The molecule has 0 atom stereocenters. The standard InChI is InChI=1S/C11H19N3O/c1-3-5-6-9-7-10(12)14-11(13-9)8-15-4-2/h7H,3-6,8H2,1-2H3,(H2,12,13,14). The van der Waals surface area contributed by atoms with Gasteiger partial charge in [0.05, 0.1) is 0 Å². The Morgan fingerprint density at radius 3 is 2.80 bits per heavy atom. The van der Waals surface area contributed by atoms with E-state index in [4.69, 9.17) is 10.5 Å². The van der Waals surface area contributed by atoms with E-state index in [9.17, 15) is 0 Å². The summed E-state index contributed by atoms with van der Waals surface area (Å²) in [6.07, 6.45) is 3.25. The summed E-state index contributed by atoms with van der Waals surface area (Å²) in [5.74, 6) is 1.22. The molecule has 0 aliphatic rings. The van der Waals surface area contributed by atoms with E-state index in [-0.39, 0.29) is 0 Å². The van der Waals surface area contributed by atoms with Crippen LogP contribution in [-0.4, -0.2) is 16.6 Å². The molecule has 4 nitrogen and oxygen atoms in total. The average Bonchev–Trinajstić information content (AvgIpc) is 2.23. The summed E-state index contributed by atoms with van der Waals surface area (Å²) >= 11 is 0. The number of aromatic nitrogens is 2. The van der Waals surface area contributed by atoms with Gasteiger partial charge in [-0.3, -0.25) is 0 Å². The topological polar surface area (TPSA) is 61.0 Å². The van der Waals surface area contributed by atoms with Gasteiger partial charge in [0.1, 0.15) is 12.4 Å². The fourth-order valence-electron chi connectivity index (χ4n) is 1.32. The molecule has 1 heterocycles. The van der Waals surface area contributed by atoms with E-state index in [2.05, 4.69) is 16.9 Å². The zero-order valence-electron chi connectivity index (χ0n) is 9.49. The Morgan fingerprint density at radius 1 is 1.33 bits per heavy atom. The van der Waals surface area contributed by atoms with Gasteiger partial charge in [0.2, 0.25) is 0 Å². The van der Waals surface area contributed by atoms with E-state index in [1.807, 2.05) is 13.0 Å². The number of aryl methyl sites for hydroxylation is 1. The summed E-state index contributed by atoms with van der Waals surface area (Å²) in [4.78, 5) is 8.51. The first-order valence-electron chi connectivity index (χ1n) is 5.46. The van der Waals surface area contributed by atoms with Crippen molar-refractivity contribution in [2.75, 3.05) is 12.3 Å². The molecular formula is C11H19N3O. The molecule has 0 saturated heterocycles. The quantitative estimate of drug-likeness (QED) is 0.777. The van der Waals surface area contributed by atoms with Gasteiger partial charge in [-0.15, -0.1) is 0 Å². The Labute approximate surface area is 90.9 Å². The maximum absolute atomic E-state index is 5.70. The normalized spacial score (nSPS) is 10.5. The molecule has 2 N–H and O–H groups in total. The molecule has 15 heavy (non-hydrogen) atoms. The van der Waals surface area contributed by atoms with E-state index < -0.39 is 0 Å². The predicted octanol–water partition coefficient (Wildman–Crippen LogP) is 1.94. The first-order valence-corrected chi connectivity index (χ1v) is 5.46. The van der Waals surface area contributed by atoms with Crippen LogP contribution in [0.4, 0.5) is 5.82 Å². The molecular weight excluding hydrogens is 190 g/mol. The molecule has 0 aliphatic heterocycles. The van der Waals surface area contributed by atoms with Gasteiger partial charge in [0.15, 0.2) is 5.82 Å². The van der Waals surface area contributed by atoms with Crippen LogP contribution in [0.5, 0.6) is 0 Å². The highest BCUT2D eigenvalue weighted by atomic mass is 16.5. The third-order valence-electron chi connectivity index (χ3n) is 2.07. The molecule has 0 bridgehead atoms. The van der Waals surface area contributed by atoms with Crippen LogP contribution in [-0.2, 0) is 17.8 Å². The van der Waals surface area contributed by atoms with Gasteiger partial charge < -0.3 is 10.5 Å². The second-order valence-corrected chi connectivity index (χ2v) is 3.44. The Morgan fingerprint density at radius 2 is 2.13 bits per heavy atom. The smallest absolute Gasteiger partial charge is 0.156 e. The number of unbranched alkanes of at least 4 members (excludes halogenated alkanes) is 1. The zero-order chi connectivity index (χ0) is 11.1. The van der Waals surface area contributed by atoms with Gasteiger partial charge in [0, 0.05) is 18.4 Å².